The van der Waals surface area contributed by atoms with Crippen LogP contribution in [0.1, 0.15) is 11.1 Å². The molecule has 1 aliphatic heterocycles. The van der Waals surface area contributed by atoms with E-state index in [4.69, 9.17) is 21.7 Å². The number of hydrogen-bond acceptors (Lipinski definition) is 6. The molecule has 3 aromatic carbocycles. The molecule has 0 saturated carbocycles. The quantitative estimate of drug-likeness (QED) is 0.357. The lowest BCUT2D eigenvalue weighted by Gasteiger charge is -2.19. The van der Waals surface area contributed by atoms with Crippen LogP contribution in [-0.4, -0.2) is 40.2 Å². The number of sulfonamides is 1. The molecule has 1 heterocycles. The molecule has 8 nitrogen and oxygen atoms in total. The molecule has 0 spiro atoms. The second-order valence-corrected chi connectivity index (χ2v) is 10.1. The highest BCUT2D eigenvalue weighted by molar-refractivity contribution is 7.92. The van der Waals surface area contributed by atoms with Crippen molar-refractivity contribution in [2.24, 2.45) is 0 Å². The second kappa shape index (κ2) is 10.8. The maximum atomic E-state index is 13.1. The minimum atomic E-state index is -3.68. The van der Waals surface area contributed by atoms with Gasteiger partial charge in [-0.25, -0.2) is 8.42 Å². The largest absolute Gasteiger partial charge is 0.493 e. The highest BCUT2D eigenvalue weighted by Gasteiger charge is 2.30. The van der Waals surface area contributed by atoms with Gasteiger partial charge < -0.3 is 14.8 Å². The molecule has 3 aromatic rings. The summed E-state index contributed by atoms with van der Waals surface area (Å²) < 4.78 is 38.2. The normalized spacial score (nSPS) is 12.8. The molecular formula is C26H25N3O5S2. The van der Waals surface area contributed by atoms with Gasteiger partial charge in [-0.3, -0.25) is 14.4 Å². The van der Waals surface area contributed by atoms with Crippen molar-refractivity contribution < 1.29 is 22.7 Å². The van der Waals surface area contributed by atoms with E-state index in [1.807, 2.05) is 24.3 Å². The standard InChI is InChI=1S/C26H25N3O5S2/c1-33-23-13-7-18(17-24(23)34-2)8-14-25(30)28-26(35)27-20-9-11-21(12-10-20)36(31,32)29-16-15-19-5-3-4-6-22(19)29/h3-14,17H,15-16H2,1-2H3,(H2,27,28,30,35)/b14-8+. The summed E-state index contributed by atoms with van der Waals surface area (Å²) >= 11 is 5.21. The van der Waals surface area contributed by atoms with Gasteiger partial charge in [0.1, 0.15) is 0 Å². The lowest BCUT2D eigenvalue weighted by Crippen LogP contribution is -2.32. The Morgan fingerprint density at radius 1 is 1.00 bits per heavy atom. The Balaban J connectivity index is 1.36. The molecule has 4 rings (SSSR count). The van der Waals surface area contributed by atoms with Gasteiger partial charge in [-0.15, -0.1) is 0 Å². The van der Waals surface area contributed by atoms with Crippen molar-refractivity contribution in [1.82, 2.24) is 5.32 Å². The molecule has 0 unspecified atom stereocenters. The Hall–Kier alpha value is -3.89. The van der Waals surface area contributed by atoms with E-state index in [1.165, 1.54) is 29.6 Å². The maximum absolute atomic E-state index is 13.1. The summed E-state index contributed by atoms with van der Waals surface area (Å²) in [6.45, 7) is 0.411. The highest BCUT2D eigenvalue weighted by Crippen LogP contribution is 2.33. The van der Waals surface area contributed by atoms with E-state index in [0.717, 1.165) is 11.1 Å². The SMILES string of the molecule is COc1ccc(/C=C/C(=O)NC(=S)Nc2ccc(S(=O)(=O)N3CCc4ccccc43)cc2)cc1OC. The van der Waals surface area contributed by atoms with Gasteiger partial charge in [0.15, 0.2) is 16.6 Å². The molecule has 0 saturated heterocycles. The van der Waals surface area contributed by atoms with E-state index in [1.54, 1.807) is 43.5 Å². The third kappa shape index (κ3) is 5.50. The number of ether oxygens (including phenoxy) is 2. The van der Waals surface area contributed by atoms with Crippen molar-refractivity contribution in [2.75, 3.05) is 30.4 Å². The van der Waals surface area contributed by atoms with Crippen molar-refractivity contribution in [3.8, 4) is 11.5 Å². The van der Waals surface area contributed by atoms with Gasteiger partial charge in [0, 0.05) is 18.3 Å². The Labute approximate surface area is 215 Å². The van der Waals surface area contributed by atoms with Crippen molar-refractivity contribution in [2.45, 2.75) is 11.3 Å². The van der Waals surface area contributed by atoms with Crippen molar-refractivity contribution in [3.05, 3.63) is 83.9 Å². The topological polar surface area (TPSA) is 97.0 Å². The zero-order valence-electron chi connectivity index (χ0n) is 19.7. The number of methoxy groups -OCH3 is 2. The number of carbonyl (C=O) groups excluding carboxylic acids is 1. The Kier molecular flexibility index (Phi) is 7.56. The summed E-state index contributed by atoms with van der Waals surface area (Å²) in [5.74, 6) is 0.722. The average Bonchev–Trinajstić information content (AvgIpc) is 3.32. The van der Waals surface area contributed by atoms with Crippen LogP contribution in [0, 0.1) is 0 Å². The summed E-state index contributed by atoms with van der Waals surface area (Å²) in [5.41, 5.74) is 3.02. The molecule has 0 radical (unpaired) electrons. The molecule has 0 atom stereocenters. The summed E-state index contributed by atoms with van der Waals surface area (Å²) in [4.78, 5) is 12.4. The smallest absolute Gasteiger partial charge is 0.264 e. The lowest BCUT2D eigenvalue weighted by atomic mass is 10.2. The first-order valence-electron chi connectivity index (χ1n) is 11.0. The summed E-state index contributed by atoms with van der Waals surface area (Å²) in [7, 11) is -0.596. The van der Waals surface area contributed by atoms with E-state index in [0.29, 0.717) is 35.8 Å². The fourth-order valence-corrected chi connectivity index (χ4v) is 5.56. The van der Waals surface area contributed by atoms with Crippen LogP contribution in [0.2, 0.25) is 0 Å². The minimum absolute atomic E-state index is 0.0843. The minimum Gasteiger partial charge on any atom is -0.493 e. The second-order valence-electron chi connectivity index (χ2n) is 7.87. The van der Waals surface area contributed by atoms with Crippen molar-refractivity contribution >= 4 is 50.7 Å². The first-order chi connectivity index (χ1) is 17.3. The molecule has 0 aromatic heterocycles. The highest BCUT2D eigenvalue weighted by atomic mass is 32.2. The number of hydrogen-bond donors (Lipinski definition) is 2. The van der Waals surface area contributed by atoms with Gasteiger partial charge in [-0.1, -0.05) is 24.3 Å². The van der Waals surface area contributed by atoms with Crippen LogP contribution in [0.5, 0.6) is 11.5 Å². The fraction of sp³-hybridized carbons (Fsp3) is 0.154. The molecule has 0 aliphatic carbocycles. The van der Waals surface area contributed by atoms with Crippen LogP contribution in [0.4, 0.5) is 11.4 Å². The molecule has 1 aliphatic rings. The third-order valence-electron chi connectivity index (χ3n) is 5.62. The lowest BCUT2D eigenvalue weighted by molar-refractivity contribution is -0.115. The number of carbonyl (C=O) groups is 1. The number of fused-ring (bicyclic) bond motifs is 1. The van der Waals surface area contributed by atoms with Gasteiger partial charge in [-0.2, -0.15) is 0 Å². The third-order valence-corrected chi connectivity index (χ3v) is 7.65. The number of benzene rings is 3. The van der Waals surface area contributed by atoms with Gasteiger partial charge in [0.2, 0.25) is 5.91 Å². The predicted molar refractivity (Wildman–Crippen MR) is 144 cm³/mol. The predicted octanol–water partition coefficient (Wildman–Crippen LogP) is 3.98. The van der Waals surface area contributed by atoms with Crippen LogP contribution >= 0.6 is 12.2 Å². The van der Waals surface area contributed by atoms with E-state index in [9.17, 15) is 13.2 Å². The fourth-order valence-electron chi connectivity index (χ4n) is 3.84. The van der Waals surface area contributed by atoms with Crippen LogP contribution in [0.3, 0.4) is 0 Å². The number of nitrogens with zero attached hydrogens (tertiary/aromatic N) is 1. The molecular weight excluding hydrogens is 498 g/mol. The number of anilines is 2. The molecule has 36 heavy (non-hydrogen) atoms. The van der Waals surface area contributed by atoms with E-state index in [2.05, 4.69) is 10.6 Å². The zero-order valence-corrected chi connectivity index (χ0v) is 21.4. The van der Waals surface area contributed by atoms with Crippen LogP contribution in [0.15, 0.2) is 77.7 Å². The zero-order chi connectivity index (χ0) is 25.7. The molecule has 2 N–H and O–H groups in total. The Morgan fingerprint density at radius 3 is 2.44 bits per heavy atom. The first kappa shape index (κ1) is 25.2. The number of nitrogens with one attached hydrogen (secondary N) is 2. The molecule has 0 bridgehead atoms. The Bertz CT molecular complexity index is 1420. The first-order valence-corrected chi connectivity index (χ1v) is 12.9. The summed E-state index contributed by atoms with van der Waals surface area (Å²) in [6.07, 6.45) is 3.65. The van der Waals surface area contributed by atoms with Crippen molar-refractivity contribution in [3.63, 3.8) is 0 Å². The van der Waals surface area contributed by atoms with Crippen LogP contribution in [-0.2, 0) is 21.2 Å². The van der Waals surface area contributed by atoms with E-state index in [-0.39, 0.29) is 10.0 Å². The van der Waals surface area contributed by atoms with Crippen LogP contribution in [0.25, 0.3) is 6.08 Å². The molecule has 0 fully saturated rings. The summed E-state index contributed by atoms with van der Waals surface area (Å²) in [5, 5.41) is 5.54. The molecule has 10 heteroatoms. The van der Waals surface area contributed by atoms with Gasteiger partial charge in [0.05, 0.1) is 24.8 Å². The Morgan fingerprint density at radius 2 is 1.72 bits per heavy atom. The maximum Gasteiger partial charge on any atom is 0.264 e. The molecule has 186 valence electrons. The average molecular weight is 524 g/mol. The molecule has 1 amide bonds. The van der Waals surface area contributed by atoms with E-state index < -0.39 is 15.9 Å². The van der Waals surface area contributed by atoms with Crippen molar-refractivity contribution in [1.29, 1.82) is 0 Å². The monoisotopic (exact) mass is 523 g/mol. The number of thiocarbonyl (C=S) groups is 1. The number of para-hydroxylation sites is 1. The van der Waals surface area contributed by atoms with Gasteiger partial charge in [-0.05, 0) is 78.3 Å². The number of rotatable bonds is 7. The van der Waals surface area contributed by atoms with E-state index >= 15 is 0 Å². The van der Waals surface area contributed by atoms with Gasteiger partial charge in [0.25, 0.3) is 10.0 Å². The number of amides is 1. The van der Waals surface area contributed by atoms with Gasteiger partial charge >= 0.3 is 0 Å². The summed E-state index contributed by atoms with van der Waals surface area (Å²) in [6, 6.07) is 19.0. The van der Waals surface area contributed by atoms with Crippen LogP contribution < -0.4 is 24.4 Å².